The molecule has 0 heterocycles. The molecule has 2 aromatic carbocycles. The molecule has 2 N–H and O–H groups in total. The van der Waals surface area contributed by atoms with E-state index in [4.69, 9.17) is 4.74 Å². The first-order valence-electron chi connectivity index (χ1n) is 7.81. The van der Waals surface area contributed by atoms with Gasteiger partial charge < -0.3 is 15.0 Å². The van der Waals surface area contributed by atoms with Gasteiger partial charge in [0.15, 0.2) is 0 Å². The third kappa shape index (κ3) is 4.50. The second kappa shape index (κ2) is 7.85. The molecule has 0 radical (unpaired) electrons. The molecule has 0 aliphatic rings. The maximum Gasteiger partial charge on any atom is 0.122 e. The third-order valence-electron chi connectivity index (χ3n) is 3.89. The highest BCUT2D eigenvalue weighted by Crippen LogP contribution is 2.19. The predicted molar refractivity (Wildman–Crippen MR) is 92.7 cm³/mol. The highest BCUT2D eigenvalue weighted by Gasteiger charge is 2.04. The van der Waals surface area contributed by atoms with Crippen LogP contribution in [0.25, 0.3) is 0 Å². The van der Waals surface area contributed by atoms with Crippen molar-refractivity contribution in [2.24, 2.45) is 0 Å². The van der Waals surface area contributed by atoms with E-state index in [2.05, 4.69) is 73.7 Å². The van der Waals surface area contributed by atoms with Gasteiger partial charge in [0.05, 0.1) is 13.7 Å². The predicted octanol–water partition coefficient (Wildman–Crippen LogP) is 2.38. The lowest BCUT2D eigenvalue weighted by Gasteiger charge is -2.12. The fourth-order valence-electron chi connectivity index (χ4n) is 2.56. The van der Waals surface area contributed by atoms with Crippen LogP contribution in [0.1, 0.15) is 16.7 Å². The fraction of sp³-hybridized carbons (Fsp3) is 0.368. The Morgan fingerprint density at radius 1 is 1.05 bits per heavy atom. The van der Waals surface area contributed by atoms with Crippen molar-refractivity contribution in [2.75, 3.05) is 32.6 Å². The fourth-order valence-corrected chi connectivity index (χ4v) is 2.56. The van der Waals surface area contributed by atoms with E-state index in [0.717, 1.165) is 25.3 Å². The van der Waals surface area contributed by atoms with Crippen LogP contribution < -0.4 is 15.0 Å². The van der Waals surface area contributed by atoms with Crippen LogP contribution in [0.3, 0.4) is 0 Å². The molecule has 0 unspecified atom stereocenters. The summed E-state index contributed by atoms with van der Waals surface area (Å²) in [4.78, 5) is 2.12. The van der Waals surface area contributed by atoms with Crippen molar-refractivity contribution in [2.45, 2.75) is 19.9 Å². The molecule has 22 heavy (non-hydrogen) atoms. The van der Waals surface area contributed by atoms with Crippen LogP contribution in [0.5, 0.6) is 5.75 Å². The molecule has 0 aromatic heterocycles. The summed E-state index contributed by atoms with van der Waals surface area (Å²) in [6, 6.07) is 15.1. The molecule has 118 valence electrons. The number of anilines is 1. The molecule has 0 aliphatic heterocycles. The summed E-state index contributed by atoms with van der Waals surface area (Å²) < 4.78 is 5.43. The number of hydrogen-bond acceptors (Lipinski definition) is 2. The topological polar surface area (TPSA) is 29.1 Å². The standard InChI is InChI=1S/C19H26N2O/c1-15-5-10-19(22-4)17(13-15)11-12-20-14-16-6-8-18(9-7-16)21(2)3/h5-10,13,20H,11-12,14H2,1-4H3/p+1. The van der Waals surface area contributed by atoms with Gasteiger partial charge in [-0.2, -0.15) is 0 Å². The summed E-state index contributed by atoms with van der Waals surface area (Å²) in [7, 11) is 5.87. The van der Waals surface area contributed by atoms with Gasteiger partial charge in [0.2, 0.25) is 0 Å². The molecular formula is C19H27N2O+. The lowest BCUT2D eigenvalue weighted by molar-refractivity contribution is -0.670. The molecule has 0 aliphatic carbocycles. The minimum Gasteiger partial charge on any atom is -0.496 e. The van der Waals surface area contributed by atoms with Crippen LogP contribution in [-0.4, -0.2) is 27.7 Å². The number of methoxy groups -OCH3 is 1. The number of hydrogen-bond donors (Lipinski definition) is 1. The lowest BCUT2D eigenvalue weighted by Crippen LogP contribution is -2.83. The largest absolute Gasteiger partial charge is 0.496 e. The summed E-state index contributed by atoms with van der Waals surface area (Å²) in [6.45, 7) is 4.20. The van der Waals surface area contributed by atoms with Gasteiger partial charge in [0.25, 0.3) is 0 Å². The van der Waals surface area contributed by atoms with E-state index in [0.29, 0.717) is 0 Å². The van der Waals surface area contributed by atoms with Crippen LogP contribution in [0.15, 0.2) is 42.5 Å². The zero-order valence-electron chi connectivity index (χ0n) is 14.1. The Balaban J connectivity index is 1.83. The molecule has 2 rings (SSSR count). The van der Waals surface area contributed by atoms with Gasteiger partial charge in [-0.25, -0.2) is 0 Å². The summed E-state index contributed by atoms with van der Waals surface area (Å²) in [5.41, 5.74) is 5.19. The molecule has 3 heteroatoms. The number of benzene rings is 2. The second-order valence-electron chi connectivity index (χ2n) is 5.91. The SMILES string of the molecule is COc1ccc(C)cc1CC[NH2+]Cc1ccc(N(C)C)cc1. The minimum atomic E-state index is 0.995. The number of quaternary nitrogens is 1. The van der Waals surface area contributed by atoms with Gasteiger partial charge in [-0.05, 0) is 30.7 Å². The summed E-state index contributed by atoms with van der Waals surface area (Å²) in [5, 5.41) is 2.35. The number of aryl methyl sites for hydroxylation is 1. The monoisotopic (exact) mass is 299 g/mol. The molecule has 0 atom stereocenters. The van der Waals surface area contributed by atoms with Gasteiger partial charge in [-0.3, -0.25) is 0 Å². The van der Waals surface area contributed by atoms with Crippen LogP contribution in [0.2, 0.25) is 0 Å². The van der Waals surface area contributed by atoms with Gasteiger partial charge in [-0.1, -0.05) is 29.8 Å². The van der Waals surface area contributed by atoms with Gasteiger partial charge in [0.1, 0.15) is 12.3 Å². The highest BCUT2D eigenvalue weighted by molar-refractivity contribution is 5.45. The first kappa shape index (κ1) is 16.4. The average Bonchev–Trinajstić information content (AvgIpc) is 2.52. The van der Waals surface area contributed by atoms with E-state index in [1.807, 2.05) is 0 Å². The van der Waals surface area contributed by atoms with E-state index in [1.54, 1.807) is 7.11 Å². The normalized spacial score (nSPS) is 10.5. The van der Waals surface area contributed by atoms with E-state index < -0.39 is 0 Å². The van der Waals surface area contributed by atoms with E-state index >= 15 is 0 Å². The molecular weight excluding hydrogens is 272 g/mol. The van der Waals surface area contributed by atoms with Gasteiger partial charge in [-0.15, -0.1) is 0 Å². The van der Waals surface area contributed by atoms with Crippen molar-refractivity contribution in [1.29, 1.82) is 0 Å². The van der Waals surface area contributed by atoms with E-state index in [9.17, 15) is 0 Å². The smallest absolute Gasteiger partial charge is 0.122 e. The average molecular weight is 299 g/mol. The third-order valence-corrected chi connectivity index (χ3v) is 3.89. The Morgan fingerprint density at radius 3 is 2.41 bits per heavy atom. The number of nitrogens with two attached hydrogens (primary N) is 1. The van der Waals surface area contributed by atoms with Crippen molar-refractivity contribution in [3.05, 3.63) is 59.2 Å². The summed E-state index contributed by atoms with van der Waals surface area (Å²) >= 11 is 0. The Bertz CT molecular complexity index is 591. The van der Waals surface area contributed by atoms with Crippen molar-refractivity contribution in [3.8, 4) is 5.75 Å². The minimum absolute atomic E-state index is 0.995. The number of rotatable bonds is 7. The first-order valence-corrected chi connectivity index (χ1v) is 7.81. The van der Waals surface area contributed by atoms with Crippen molar-refractivity contribution >= 4 is 5.69 Å². The van der Waals surface area contributed by atoms with Crippen LogP contribution in [-0.2, 0) is 13.0 Å². The Kier molecular flexibility index (Phi) is 5.84. The lowest BCUT2D eigenvalue weighted by atomic mass is 10.1. The molecule has 0 fully saturated rings. The number of nitrogens with zero attached hydrogens (tertiary/aromatic N) is 1. The molecule has 0 spiro atoms. The van der Waals surface area contributed by atoms with Crippen molar-refractivity contribution in [1.82, 2.24) is 0 Å². The van der Waals surface area contributed by atoms with E-state index in [1.165, 1.54) is 22.4 Å². The first-order chi connectivity index (χ1) is 10.6. The second-order valence-corrected chi connectivity index (χ2v) is 5.91. The number of ether oxygens (including phenoxy) is 1. The van der Waals surface area contributed by atoms with Gasteiger partial charge >= 0.3 is 0 Å². The summed E-state index contributed by atoms with van der Waals surface area (Å²) in [6.07, 6.45) is 1.03. The van der Waals surface area contributed by atoms with Crippen LogP contribution in [0, 0.1) is 6.92 Å². The Morgan fingerprint density at radius 2 is 1.77 bits per heavy atom. The molecule has 0 saturated carbocycles. The zero-order valence-corrected chi connectivity index (χ0v) is 14.1. The van der Waals surface area contributed by atoms with Crippen molar-refractivity contribution < 1.29 is 10.1 Å². The van der Waals surface area contributed by atoms with Crippen LogP contribution in [0.4, 0.5) is 5.69 Å². The Labute approximate surface area is 133 Å². The van der Waals surface area contributed by atoms with Gasteiger partial charge in [0, 0.05) is 31.8 Å². The maximum absolute atomic E-state index is 5.43. The maximum atomic E-state index is 5.43. The zero-order chi connectivity index (χ0) is 15.9. The molecule has 0 amide bonds. The quantitative estimate of drug-likeness (QED) is 0.795. The Hall–Kier alpha value is -2.00. The summed E-state index contributed by atoms with van der Waals surface area (Å²) in [5.74, 6) is 0.995. The van der Waals surface area contributed by atoms with Crippen molar-refractivity contribution in [3.63, 3.8) is 0 Å². The van der Waals surface area contributed by atoms with E-state index in [-0.39, 0.29) is 0 Å². The molecule has 0 bridgehead atoms. The highest BCUT2D eigenvalue weighted by atomic mass is 16.5. The molecule has 2 aromatic rings. The van der Waals surface area contributed by atoms with Crippen LogP contribution >= 0.6 is 0 Å². The molecule has 3 nitrogen and oxygen atoms in total. The molecule has 0 saturated heterocycles.